The van der Waals surface area contributed by atoms with Crippen LogP contribution in [0.2, 0.25) is 0 Å². The maximum Gasteiger partial charge on any atom is 0.353 e. The third kappa shape index (κ3) is 4.85. The van der Waals surface area contributed by atoms with Crippen molar-refractivity contribution in [3.05, 3.63) is 40.7 Å². The van der Waals surface area contributed by atoms with Crippen LogP contribution in [0.3, 0.4) is 0 Å². The van der Waals surface area contributed by atoms with Gasteiger partial charge in [0.2, 0.25) is 11.6 Å². The molecule has 30 heavy (non-hydrogen) atoms. The predicted molar refractivity (Wildman–Crippen MR) is 113 cm³/mol. The Hall–Kier alpha value is -2.79. The van der Waals surface area contributed by atoms with Crippen molar-refractivity contribution in [2.24, 2.45) is 0 Å². The van der Waals surface area contributed by atoms with Gasteiger partial charge in [0, 0.05) is 31.1 Å². The maximum absolute atomic E-state index is 11.9. The van der Waals surface area contributed by atoms with Crippen molar-refractivity contribution >= 4 is 32.8 Å². The number of rotatable bonds is 7. The fraction of sp³-hybridized carbons (Fsp3) is 0.474. The van der Waals surface area contributed by atoms with Gasteiger partial charge in [0.05, 0.1) is 15.9 Å². The molecule has 11 heteroatoms. The second-order valence-corrected chi connectivity index (χ2v) is 9.23. The molecular formula is C19H25N5O5S. The van der Waals surface area contributed by atoms with Crippen LogP contribution in [0.4, 0.5) is 23.0 Å². The number of sulfone groups is 1. The summed E-state index contributed by atoms with van der Waals surface area (Å²) in [5, 5.41) is 14.8. The van der Waals surface area contributed by atoms with Crippen molar-refractivity contribution in [1.82, 2.24) is 9.97 Å². The number of nitro groups is 1. The van der Waals surface area contributed by atoms with E-state index in [0.717, 1.165) is 19.1 Å². The van der Waals surface area contributed by atoms with E-state index in [4.69, 9.17) is 4.74 Å². The lowest BCUT2D eigenvalue weighted by Gasteiger charge is -2.37. The average molecular weight is 436 g/mol. The van der Waals surface area contributed by atoms with E-state index >= 15 is 0 Å². The molecule has 2 heterocycles. The lowest BCUT2D eigenvalue weighted by Crippen LogP contribution is -2.44. The molecule has 10 nitrogen and oxygen atoms in total. The highest BCUT2D eigenvalue weighted by atomic mass is 32.2. The van der Waals surface area contributed by atoms with Gasteiger partial charge < -0.3 is 15.0 Å². The van der Waals surface area contributed by atoms with Crippen LogP contribution in [0.1, 0.15) is 26.7 Å². The summed E-state index contributed by atoms with van der Waals surface area (Å²) in [4.78, 5) is 21.7. The summed E-state index contributed by atoms with van der Waals surface area (Å²) in [6.45, 7) is 5.17. The van der Waals surface area contributed by atoms with E-state index < -0.39 is 14.8 Å². The first-order valence-electron chi connectivity index (χ1n) is 9.65. The molecule has 2 atom stereocenters. The molecule has 1 N–H and O–H groups in total. The molecule has 0 saturated carbocycles. The van der Waals surface area contributed by atoms with Gasteiger partial charge in [-0.3, -0.25) is 10.1 Å². The summed E-state index contributed by atoms with van der Waals surface area (Å²) < 4.78 is 28.9. The fourth-order valence-electron chi connectivity index (χ4n) is 3.59. The van der Waals surface area contributed by atoms with Gasteiger partial charge >= 0.3 is 5.69 Å². The smallest absolute Gasteiger partial charge is 0.353 e. The molecule has 0 radical (unpaired) electrons. The molecule has 162 valence electrons. The Morgan fingerprint density at radius 3 is 2.57 bits per heavy atom. The van der Waals surface area contributed by atoms with E-state index in [2.05, 4.69) is 15.3 Å². The Morgan fingerprint density at radius 2 is 2.00 bits per heavy atom. The van der Waals surface area contributed by atoms with E-state index in [-0.39, 0.29) is 34.4 Å². The predicted octanol–water partition coefficient (Wildman–Crippen LogP) is 2.93. The van der Waals surface area contributed by atoms with E-state index in [1.165, 1.54) is 30.6 Å². The van der Waals surface area contributed by atoms with E-state index in [0.29, 0.717) is 18.8 Å². The highest BCUT2D eigenvalue weighted by molar-refractivity contribution is 7.90. The van der Waals surface area contributed by atoms with E-state index in [1.807, 2.05) is 18.7 Å². The van der Waals surface area contributed by atoms with Crippen LogP contribution < -0.4 is 10.2 Å². The zero-order valence-corrected chi connectivity index (χ0v) is 17.9. The molecule has 0 spiro atoms. The summed E-state index contributed by atoms with van der Waals surface area (Å²) in [6, 6.07) is 5.97. The highest BCUT2D eigenvalue weighted by Gasteiger charge is 2.33. The molecule has 1 aliphatic rings. The number of nitrogens with one attached hydrogen (secondary N) is 1. The summed E-state index contributed by atoms with van der Waals surface area (Å²) in [6.07, 6.45) is 4.05. The molecule has 1 aromatic carbocycles. The van der Waals surface area contributed by atoms with Gasteiger partial charge in [-0.25, -0.2) is 18.4 Å². The Labute approximate surface area is 175 Å². The number of anilines is 3. The van der Waals surface area contributed by atoms with Gasteiger partial charge in [-0.05, 0) is 51.0 Å². The van der Waals surface area contributed by atoms with E-state index in [1.54, 1.807) is 0 Å². The second kappa shape index (κ2) is 8.92. The first-order valence-corrected chi connectivity index (χ1v) is 11.5. The van der Waals surface area contributed by atoms with Crippen molar-refractivity contribution in [1.29, 1.82) is 0 Å². The zero-order valence-electron chi connectivity index (χ0n) is 17.1. The molecular weight excluding hydrogens is 410 g/mol. The number of hydrogen-bond donors (Lipinski definition) is 1. The number of aromatic nitrogens is 2. The molecule has 0 aliphatic carbocycles. The minimum atomic E-state index is -3.33. The van der Waals surface area contributed by atoms with Gasteiger partial charge in [-0.2, -0.15) is 0 Å². The number of hydrogen-bond acceptors (Lipinski definition) is 9. The van der Waals surface area contributed by atoms with Crippen LogP contribution in [0.15, 0.2) is 35.5 Å². The fourth-order valence-corrected chi connectivity index (χ4v) is 4.22. The van der Waals surface area contributed by atoms with Crippen molar-refractivity contribution in [2.75, 3.05) is 29.6 Å². The topological polar surface area (TPSA) is 128 Å². The van der Waals surface area contributed by atoms with Crippen molar-refractivity contribution in [3.8, 4) is 0 Å². The lowest BCUT2D eigenvalue weighted by molar-refractivity contribution is -0.383. The molecule has 1 aliphatic heterocycles. The molecule has 0 bridgehead atoms. The third-order valence-corrected chi connectivity index (χ3v) is 6.16. The maximum atomic E-state index is 11.9. The minimum Gasteiger partial charge on any atom is -0.378 e. The normalized spacial score (nSPS) is 19.5. The molecule has 1 saturated heterocycles. The van der Waals surface area contributed by atoms with E-state index in [9.17, 15) is 18.5 Å². The van der Waals surface area contributed by atoms with Gasteiger partial charge in [-0.1, -0.05) is 0 Å². The number of benzene rings is 1. The second-order valence-electron chi connectivity index (χ2n) is 7.22. The molecule has 2 aromatic rings. The molecule has 2 unspecified atom stereocenters. The number of ether oxygens (including phenoxy) is 1. The largest absolute Gasteiger partial charge is 0.378 e. The molecule has 1 aromatic heterocycles. The van der Waals surface area contributed by atoms with Crippen LogP contribution >= 0.6 is 0 Å². The summed E-state index contributed by atoms with van der Waals surface area (Å²) in [7, 11) is -3.33. The van der Waals surface area contributed by atoms with Crippen LogP contribution in [-0.4, -0.2) is 54.9 Å². The van der Waals surface area contributed by atoms with Crippen molar-refractivity contribution in [2.45, 2.75) is 43.7 Å². The first kappa shape index (κ1) is 21.9. The monoisotopic (exact) mass is 435 g/mol. The van der Waals surface area contributed by atoms with Gasteiger partial charge in [-0.15, -0.1) is 0 Å². The quantitative estimate of drug-likeness (QED) is 0.515. The van der Waals surface area contributed by atoms with Crippen LogP contribution in [-0.2, 0) is 14.6 Å². The summed E-state index contributed by atoms with van der Waals surface area (Å²) >= 11 is 0. The summed E-state index contributed by atoms with van der Waals surface area (Å²) in [5.74, 6) is 0.309. The van der Waals surface area contributed by atoms with Gasteiger partial charge in [0.1, 0.15) is 6.33 Å². The Kier molecular flexibility index (Phi) is 6.52. The summed E-state index contributed by atoms with van der Waals surface area (Å²) in [5.41, 5.74) is 0.268. The molecule has 1 fully saturated rings. The third-order valence-electron chi connectivity index (χ3n) is 5.03. The Balaban J connectivity index is 1.89. The van der Waals surface area contributed by atoms with Crippen molar-refractivity contribution < 1.29 is 18.1 Å². The zero-order chi connectivity index (χ0) is 21.9. The number of nitrogens with zero attached hydrogens (tertiary/aromatic N) is 4. The average Bonchev–Trinajstić information content (AvgIpc) is 2.68. The SMILES string of the molecule is CCOC1CCN(c2ncnc(Nc3ccc(S(C)(=O)=O)cc3)c2[N+](=O)[O-])C(C)C1. The van der Waals surface area contributed by atoms with Gasteiger partial charge in [0.25, 0.3) is 0 Å². The first-order chi connectivity index (χ1) is 14.2. The van der Waals surface area contributed by atoms with Crippen LogP contribution in [0, 0.1) is 10.1 Å². The molecule has 0 amide bonds. The minimum absolute atomic E-state index is 0.0193. The van der Waals surface area contributed by atoms with Gasteiger partial charge in [0.15, 0.2) is 9.84 Å². The van der Waals surface area contributed by atoms with Crippen molar-refractivity contribution in [3.63, 3.8) is 0 Å². The lowest BCUT2D eigenvalue weighted by atomic mass is 10.0. The van der Waals surface area contributed by atoms with Crippen LogP contribution in [0.25, 0.3) is 0 Å². The highest BCUT2D eigenvalue weighted by Crippen LogP contribution is 2.36. The van der Waals surface area contributed by atoms with Crippen LogP contribution in [0.5, 0.6) is 0 Å². The number of piperidine rings is 1. The molecule has 3 rings (SSSR count). The standard InChI is InChI=1S/C19H25N5O5S/c1-4-29-15-9-10-23(13(2)11-15)19-17(24(25)26)18(20-12-21-19)22-14-5-7-16(8-6-14)30(3,27)28/h5-8,12-13,15H,4,9-11H2,1-3H3,(H,20,21,22). The Bertz CT molecular complexity index is 1010. The Morgan fingerprint density at radius 1 is 1.30 bits per heavy atom.